The fourth-order valence-electron chi connectivity index (χ4n) is 7.43. The van der Waals surface area contributed by atoms with Gasteiger partial charge in [-0.2, -0.15) is 0 Å². The van der Waals surface area contributed by atoms with Crippen LogP contribution in [0, 0.1) is 27.7 Å². The van der Waals surface area contributed by atoms with Gasteiger partial charge in [-0.15, -0.1) is 0 Å². The van der Waals surface area contributed by atoms with Crippen molar-refractivity contribution in [1.29, 1.82) is 0 Å². The van der Waals surface area contributed by atoms with Crippen molar-refractivity contribution in [3.63, 3.8) is 0 Å². The van der Waals surface area contributed by atoms with Gasteiger partial charge in [0.05, 0.1) is 0 Å². The lowest BCUT2D eigenvalue weighted by Crippen LogP contribution is -2.28. The second-order valence-corrected chi connectivity index (χ2v) is 17.5. The third-order valence-corrected chi connectivity index (χ3v) is 15.3. The second kappa shape index (κ2) is 13.8. The summed E-state index contributed by atoms with van der Waals surface area (Å²) in [5.74, 6) is 0. The van der Waals surface area contributed by atoms with Crippen LogP contribution in [-0.2, 0) is 0 Å². The van der Waals surface area contributed by atoms with E-state index in [2.05, 4.69) is 198 Å². The van der Waals surface area contributed by atoms with E-state index in [-0.39, 0.29) is 0 Å². The fourth-order valence-corrected chi connectivity index (χ4v) is 12.9. The van der Waals surface area contributed by atoms with E-state index in [1.54, 1.807) is 0 Å². The molecule has 0 aliphatic rings. The third kappa shape index (κ3) is 5.88. The average molecular weight is 679 g/mol. The molecule has 0 heterocycles. The molecular formula is C48H40P2. The van der Waals surface area contributed by atoms with Crippen LogP contribution in [0.1, 0.15) is 22.3 Å². The first kappa shape index (κ1) is 32.4. The smallest absolute Gasteiger partial charge is 0.000883 e. The van der Waals surface area contributed by atoms with Gasteiger partial charge in [-0.25, -0.2) is 0 Å². The monoisotopic (exact) mass is 678 g/mol. The van der Waals surface area contributed by atoms with E-state index < -0.39 is 15.8 Å². The Hall–Kier alpha value is -4.86. The highest BCUT2D eigenvalue weighted by molar-refractivity contribution is 7.81. The van der Waals surface area contributed by atoms with E-state index in [0.717, 1.165) is 0 Å². The maximum absolute atomic E-state index is 2.45. The fraction of sp³-hybridized carbons (Fsp3) is 0.0833. The van der Waals surface area contributed by atoms with Crippen LogP contribution in [0.15, 0.2) is 170 Å². The highest BCUT2D eigenvalue weighted by Gasteiger charge is 2.29. The standard InChI is InChI=1S/C48H40P2/c1-33-16-15-22-39(32-33)49(42-25-12-5-17-34(42)2)45-30-28-37-20-8-10-23-40(37)47(45)48-41-24-11-9-21-38(41)29-31-46(48)50(43-26-13-6-18-35(43)3)44-27-14-7-19-36(44)4/h5-32H,1-4H3. The lowest BCUT2D eigenvalue weighted by molar-refractivity contribution is 1.49. The van der Waals surface area contributed by atoms with Gasteiger partial charge in [-0.05, 0) is 125 Å². The normalized spacial score (nSPS) is 12.1. The largest absolute Gasteiger partial charge is 0.0620 e. The van der Waals surface area contributed by atoms with Crippen molar-refractivity contribution in [1.82, 2.24) is 0 Å². The molecule has 50 heavy (non-hydrogen) atoms. The van der Waals surface area contributed by atoms with Gasteiger partial charge in [0.25, 0.3) is 0 Å². The highest BCUT2D eigenvalue weighted by Crippen LogP contribution is 2.46. The van der Waals surface area contributed by atoms with Gasteiger partial charge in [0.15, 0.2) is 0 Å². The molecule has 1 atom stereocenters. The topological polar surface area (TPSA) is 0 Å². The van der Waals surface area contributed by atoms with E-state index >= 15 is 0 Å². The number of rotatable bonds is 7. The maximum atomic E-state index is 2.45. The van der Waals surface area contributed by atoms with E-state index in [1.807, 2.05) is 0 Å². The zero-order chi connectivity index (χ0) is 34.2. The molecule has 8 rings (SSSR count). The number of aryl methyl sites for hydroxylation is 4. The molecule has 0 saturated carbocycles. The van der Waals surface area contributed by atoms with E-state index in [1.165, 1.54) is 86.8 Å². The summed E-state index contributed by atoms with van der Waals surface area (Å²) in [4.78, 5) is 0. The first-order valence-electron chi connectivity index (χ1n) is 17.4. The maximum Gasteiger partial charge on any atom is -0.000883 e. The predicted octanol–water partition coefficient (Wildman–Crippen LogP) is 10.4. The van der Waals surface area contributed by atoms with Crippen molar-refractivity contribution in [3.8, 4) is 11.1 Å². The first-order valence-corrected chi connectivity index (χ1v) is 20.1. The third-order valence-electron chi connectivity index (χ3n) is 9.87. The van der Waals surface area contributed by atoms with Crippen LogP contribution in [0.2, 0.25) is 0 Å². The Balaban J connectivity index is 1.56. The molecule has 0 aliphatic carbocycles. The van der Waals surface area contributed by atoms with Gasteiger partial charge in [0, 0.05) is 0 Å². The summed E-state index contributed by atoms with van der Waals surface area (Å²) in [5, 5.41) is 13.6. The molecule has 0 bridgehead atoms. The molecule has 2 heteroatoms. The lowest BCUT2D eigenvalue weighted by atomic mass is 9.93. The van der Waals surface area contributed by atoms with Gasteiger partial charge in [0.1, 0.15) is 0 Å². The lowest BCUT2D eigenvalue weighted by Gasteiger charge is -2.30. The molecule has 0 fully saturated rings. The number of fused-ring (bicyclic) bond motifs is 2. The molecule has 0 N–H and O–H groups in total. The molecule has 0 saturated heterocycles. The molecule has 242 valence electrons. The quantitative estimate of drug-likeness (QED) is 0.147. The van der Waals surface area contributed by atoms with E-state index in [9.17, 15) is 0 Å². The molecule has 0 amide bonds. The summed E-state index contributed by atoms with van der Waals surface area (Å²) in [5.41, 5.74) is 8.02. The first-order chi connectivity index (χ1) is 24.5. The molecule has 1 unspecified atom stereocenters. The molecule has 8 aromatic carbocycles. The van der Waals surface area contributed by atoms with Gasteiger partial charge < -0.3 is 0 Å². The summed E-state index contributed by atoms with van der Waals surface area (Å²) in [6.45, 7) is 9.06. The Bertz CT molecular complexity index is 2460. The molecule has 0 radical (unpaired) electrons. The summed E-state index contributed by atoms with van der Waals surface area (Å²) < 4.78 is 0. The Morgan fingerprint density at radius 2 is 0.740 bits per heavy atom. The Morgan fingerprint density at radius 1 is 0.320 bits per heavy atom. The minimum atomic E-state index is -0.905. The molecule has 0 nitrogen and oxygen atoms in total. The van der Waals surface area contributed by atoms with Crippen LogP contribution in [0.3, 0.4) is 0 Å². The number of benzene rings is 8. The van der Waals surface area contributed by atoms with Crippen molar-refractivity contribution in [2.24, 2.45) is 0 Å². The highest BCUT2D eigenvalue weighted by atomic mass is 31.1. The van der Waals surface area contributed by atoms with Crippen LogP contribution < -0.4 is 31.8 Å². The Morgan fingerprint density at radius 3 is 1.22 bits per heavy atom. The van der Waals surface area contributed by atoms with Crippen LogP contribution in [0.5, 0.6) is 0 Å². The summed E-state index contributed by atoms with van der Waals surface area (Å²) in [6.07, 6.45) is 0. The number of hydrogen-bond donors (Lipinski definition) is 0. The zero-order valence-corrected chi connectivity index (χ0v) is 30.8. The van der Waals surface area contributed by atoms with Gasteiger partial charge in [-0.1, -0.05) is 175 Å². The van der Waals surface area contributed by atoms with Gasteiger partial charge >= 0.3 is 0 Å². The van der Waals surface area contributed by atoms with Crippen molar-refractivity contribution in [2.45, 2.75) is 27.7 Å². The van der Waals surface area contributed by atoms with Crippen molar-refractivity contribution >= 4 is 69.2 Å². The Labute approximate surface area is 299 Å². The van der Waals surface area contributed by atoms with Crippen LogP contribution in [0.25, 0.3) is 32.7 Å². The summed E-state index contributed by atoms with van der Waals surface area (Å²) in [7, 11) is -1.81. The molecule has 0 spiro atoms. The minimum Gasteiger partial charge on any atom is -0.0620 e. The average Bonchev–Trinajstić information content (AvgIpc) is 3.14. The SMILES string of the molecule is Cc1cccc(P(c2ccccc2C)c2ccc3ccccc3c2-c2c(P(c3ccccc3C)c3ccccc3C)ccc3ccccc23)c1. The van der Waals surface area contributed by atoms with Crippen molar-refractivity contribution in [3.05, 3.63) is 192 Å². The van der Waals surface area contributed by atoms with Crippen LogP contribution >= 0.6 is 15.8 Å². The Kier molecular flexibility index (Phi) is 8.93. The predicted molar refractivity (Wildman–Crippen MR) is 223 cm³/mol. The van der Waals surface area contributed by atoms with Crippen LogP contribution in [-0.4, -0.2) is 0 Å². The van der Waals surface area contributed by atoms with E-state index in [4.69, 9.17) is 0 Å². The molecular weight excluding hydrogens is 638 g/mol. The molecule has 0 aromatic heterocycles. The minimum absolute atomic E-state index is 0.901. The van der Waals surface area contributed by atoms with Crippen molar-refractivity contribution in [2.75, 3.05) is 0 Å². The molecule has 0 aliphatic heterocycles. The van der Waals surface area contributed by atoms with Crippen molar-refractivity contribution < 1.29 is 0 Å². The second-order valence-electron chi connectivity index (χ2n) is 13.2. The van der Waals surface area contributed by atoms with Gasteiger partial charge in [0.2, 0.25) is 0 Å². The summed E-state index contributed by atoms with van der Waals surface area (Å²) in [6, 6.07) is 64.0. The summed E-state index contributed by atoms with van der Waals surface area (Å²) >= 11 is 0. The number of hydrogen-bond acceptors (Lipinski definition) is 0. The zero-order valence-electron chi connectivity index (χ0n) is 29.1. The van der Waals surface area contributed by atoms with Gasteiger partial charge in [-0.3, -0.25) is 0 Å². The molecule has 8 aromatic rings. The van der Waals surface area contributed by atoms with Crippen LogP contribution in [0.4, 0.5) is 0 Å². The van der Waals surface area contributed by atoms with E-state index in [0.29, 0.717) is 0 Å².